The van der Waals surface area contributed by atoms with Crippen LogP contribution in [0.1, 0.15) is 6.92 Å². The van der Waals surface area contributed by atoms with Crippen molar-refractivity contribution in [3.8, 4) is 17.1 Å². The summed E-state index contributed by atoms with van der Waals surface area (Å²) in [4.78, 5) is 4.12. The third kappa shape index (κ3) is 2.27. The fourth-order valence-electron chi connectivity index (χ4n) is 1.25. The zero-order chi connectivity index (χ0) is 10.7. The molecule has 0 atom stereocenters. The molecule has 0 N–H and O–H groups in total. The van der Waals surface area contributed by atoms with Crippen molar-refractivity contribution in [1.82, 2.24) is 9.36 Å². The molecule has 0 amide bonds. The van der Waals surface area contributed by atoms with Gasteiger partial charge in [-0.05, 0) is 42.2 Å². The van der Waals surface area contributed by atoms with Gasteiger partial charge in [0.2, 0.25) is 4.47 Å². The van der Waals surface area contributed by atoms with Crippen LogP contribution in [0.4, 0.5) is 0 Å². The first-order valence-electron chi connectivity index (χ1n) is 4.52. The van der Waals surface area contributed by atoms with Crippen molar-refractivity contribution >= 4 is 23.1 Å². The van der Waals surface area contributed by atoms with Crippen molar-refractivity contribution in [3.05, 3.63) is 28.7 Å². The van der Waals surface area contributed by atoms with Gasteiger partial charge in [0, 0.05) is 0 Å². The van der Waals surface area contributed by atoms with Crippen molar-refractivity contribution in [3.63, 3.8) is 0 Å². The summed E-state index contributed by atoms with van der Waals surface area (Å²) in [6, 6.07) is 7.66. The van der Waals surface area contributed by atoms with Gasteiger partial charge >= 0.3 is 0 Å². The van der Waals surface area contributed by atoms with E-state index in [1.807, 2.05) is 31.2 Å². The Morgan fingerprint density at radius 2 is 2.20 bits per heavy atom. The minimum atomic E-state index is 0.441. The van der Waals surface area contributed by atoms with Crippen molar-refractivity contribution in [2.24, 2.45) is 0 Å². The average Bonchev–Trinajstić information content (AvgIpc) is 2.66. The molecule has 5 heteroatoms. The number of nitrogens with zero attached hydrogens (tertiary/aromatic N) is 2. The molecule has 0 fully saturated rings. The summed E-state index contributed by atoms with van der Waals surface area (Å²) >= 11 is 6.92. The molecular weight excluding hydrogens is 232 g/mol. The second-order valence-electron chi connectivity index (χ2n) is 2.80. The summed E-state index contributed by atoms with van der Waals surface area (Å²) < 4.78 is 10.1. The topological polar surface area (TPSA) is 35.0 Å². The van der Waals surface area contributed by atoms with Crippen molar-refractivity contribution in [2.45, 2.75) is 6.92 Å². The molecule has 1 aromatic heterocycles. The van der Waals surface area contributed by atoms with E-state index in [0.29, 0.717) is 16.9 Å². The van der Waals surface area contributed by atoms with Gasteiger partial charge in [-0.3, -0.25) is 0 Å². The third-order valence-electron chi connectivity index (χ3n) is 1.83. The third-order valence-corrected chi connectivity index (χ3v) is 2.63. The fraction of sp³-hybridized carbons (Fsp3) is 0.200. The maximum Gasteiger partial charge on any atom is 0.203 e. The maximum atomic E-state index is 5.74. The van der Waals surface area contributed by atoms with Gasteiger partial charge in [-0.15, -0.1) is 0 Å². The number of hydrogen-bond acceptors (Lipinski definition) is 4. The molecule has 3 nitrogen and oxygen atoms in total. The van der Waals surface area contributed by atoms with E-state index in [1.54, 1.807) is 0 Å². The van der Waals surface area contributed by atoms with Crippen LogP contribution in [0.2, 0.25) is 4.47 Å². The molecule has 2 rings (SSSR count). The van der Waals surface area contributed by atoms with E-state index in [-0.39, 0.29) is 0 Å². The van der Waals surface area contributed by atoms with Crippen molar-refractivity contribution < 1.29 is 4.74 Å². The second kappa shape index (κ2) is 4.59. The summed E-state index contributed by atoms with van der Waals surface area (Å²) in [5.74, 6) is 1.41. The van der Waals surface area contributed by atoms with E-state index in [9.17, 15) is 0 Å². The smallest absolute Gasteiger partial charge is 0.203 e. The lowest BCUT2D eigenvalue weighted by Gasteiger charge is -2.06. The minimum absolute atomic E-state index is 0.441. The standard InChI is InChI=1S/C10H9ClN2OS/c1-2-14-8-6-4-3-5-7(8)9-12-10(11)15-13-9/h3-6H,2H2,1H3. The van der Waals surface area contributed by atoms with Crippen molar-refractivity contribution in [2.75, 3.05) is 6.61 Å². The Hall–Kier alpha value is -1.13. The predicted octanol–water partition coefficient (Wildman–Crippen LogP) is 3.26. The molecule has 0 spiro atoms. The first-order valence-corrected chi connectivity index (χ1v) is 5.68. The Morgan fingerprint density at radius 3 is 2.87 bits per heavy atom. The fourth-order valence-corrected chi connectivity index (χ4v) is 1.86. The Labute approximate surface area is 96.9 Å². The largest absolute Gasteiger partial charge is 0.493 e. The van der Waals surface area contributed by atoms with E-state index in [1.165, 1.54) is 11.5 Å². The molecule has 1 heterocycles. The molecule has 15 heavy (non-hydrogen) atoms. The number of rotatable bonds is 3. The number of para-hydroxylation sites is 1. The average molecular weight is 241 g/mol. The van der Waals surface area contributed by atoms with Gasteiger partial charge in [-0.25, -0.2) is 4.98 Å². The van der Waals surface area contributed by atoms with Crippen LogP contribution in [0.25, 0.3) is 11.4 Å². The van der Waals surface area contributed by atoms with Gasteiger partial charge in [-0.2, -0.15) is 4.37 Å². The van der Waals surface area contributed by atoms with Crippen LogP contribution < -0.4 is 4.74 Å². The van der Waals surface area contributed by atoms with Crippen LogP contribution in [-0.2, 0) is 0 Å². The second-order valence-corrected chi connectivity index (χ2v) is 4.13. The summed E-state index contributed by atoms with van der Waals surface area (Å²) in [6.07, 6.45) is 0. The van der Waals surface area contributed by atoms with Gasteiger partial charge in [0.1, 0.15) is 5.75 Å². The number of aromatic nitrogens is 2. The number of hydrogen-bond donors (Lipinski definition) is 0. The van der Waals surface area contributed by atoms with Gasteiger partial charge in [0.05, 0.1) is 12.2 Å². The van der Waals surface area contributed by atoms with E-state index < -0.39 is 0 Å². The molecule has 1 aromatic carbocycles. The molecule has 78 valence electrons. The molecule has 2 aromatic rings. The predicted molar refractivity (Wildman–Crippen MR) is 61.5 cm³/mol. The number of halogens is 1. The van der Waals surface area contributed by atoms with Crippen LogP contribution in [0.5, 0.6) is 5.75 Å². The molecule has 0 aliphatic carbocycles. The van der Waals surface area contributed by atoms with E-state index in [2.05, 4.69) is 9.36 Å². The first-order chi connectivity index (χ1) is 7.31. The highest BCUT2D eigenvalue weighted by molar-refractivity contribution is 7.10. The normalized spacial score (nSPS) is 10.3. The molecular formula is C10H9ClN2OS. The Kier molecular flexibility index (Phi) is 3.18. The van der Waals surface area contributed by atoms with E-state index in [0.717, 1.165) is 11.3 Å². The molecule has 0 bridgehead atoms. The molecule has 0 saturated heterocycles. The Morgan fingerprint density at radius 1 is 1.40 bits per heavy atom. The zero-order valence-corrected chi connectivity index (χ0v) is 9.68. The Balaban J connectivity index is 2.42. The minimum Gasteiger partial charge on any atom is -0.493 e. The first kappa shape index (κ1) is 10.4. The van der Waals surface area contributed by atoms with Gasteiger partial charge in [-0.1, -0.05) is 12.1 Å². The van der Waals surface area contributed by atoms with Crippen LogP contribution in [0, 0.1) is 0 Å². The SMILES string of the molecule is CCOc1ccccc1-c1nsc(Cl)n1. The quantitative estimate of drug-likeness (QED) is 0.826. The zero-order valence-electron chi connectivity index (χ0n) is 8.11. The molecule has 0 saturated carbocycles. The highest BCUT2D eigenvalue weighted by Gasteiger charge is 2.10. The number of ether oxygens (including phenoxy) is 1. The molecule has 0 radical (unpaired) electrons. The number of benzene rings is 1. The van der Waals surface area contributed by atoms with Crippen LogP contribution in [0.3, 0.4) is 0 Å². The molecule has 0 aliphatic rings. The highest BCUT2D eigenvalue weighted by Crippen LogP contribution is 2.29. The maximum absolute atomic E-state index is 5.74. The lowest BCUT2D eigenvalue weighted by atomic mass is 10.2. The van der Waals surface area contributed by atoms with Gasteiger partial charge in [0.15, 0.2) is 5.82 Å². The summed E-state index contributed by atoms with van der Waals surface area (Å²) in [6.45, 7) is 2.56. The molecule has 0 aliphatic heterocycles. The highest BCUT2D eigenvalue weighted by atomic mass is 35.5. The van der Waals surface area contributed by atoms with E-state index >= 15 is 0 Å². The van der Waals surface area contributed by atoms with Crippen molar-refractivity contribution in [1.29, 1.82) is 0 Å². The molecule has 0 unspecified atom stereocenters. The lowest BCUT2D eigenvalue weighted by molar-refractivity contribution is 0.341. The van der Waals surface area contributed by atoms with Crippen LogP contribution >= 0.6 is 23.1 Å². The monoisotopic (exact) mass is 240 g/mol. The summed E-state index contributed by atoms with van der Waals surface area (Å²) in [5.41, 5.74) is 0.877. The summed E-state index contributed by atoms with van der Waals surface area (Å²) in [7, 11) is 0. The lowest BCUT2D eigenvalue weighted by Crippen LogP contribution is -1.94. The van der Waals surface area contributed by atoms with Crippen LogP contribution in [-0.4, -0.2) is 16.0 Å². The van der Waals surface area contributed by atoms with Gasteiger partial charge < -0.3 is 4.74 Å². The van der Waals surface area contributed by atoms with Crippen LogP contribution in [0.15, 0.2) is 24.3 Å². The van der Waals surface area contributed by atoms with E-state index in [4.69, 9.17) is 16.3 Å². The van der Waals surface area contributed by atoms with Gasteiger partial charge in [0.25, 0.3) is 0 Å². The Bertz CT molecular complexity index is 458. The summed E-state index contributed by atoms with van der Waals surface area (Å²) in [5, 5.41) is 0.